The standard InChI is InChI=1S/C12H12B/c1-9-5-3-7-11-10(9)6-4-8-12(11)13-2/h3-8H,1-2H3/i2D. The van der Waals surface area contributed by atoms with Gasteiger partial charge in [0.2, 0.25) is 0 Å². The Kier molecular flexibility index (Phi) is 1.80. The number of benzene rings is 2. The van der Waals surface area contributed by atoms with Crippen molar-refractivity contribution in [3.05, 3.63) is 42.0 Å². The molecule has 0 aliphatic carbocycles. The molecule has 0 heterocycles. The largest absolute Gasteiger partial charge is 0.149 e. The van der Waals surface area contributed by atoms with Crippen LogP contribution in [0.5, 0.6) is 0 Å². The molecule has 0 aliphatic heterocycles. The van der Waals surface area contributed by atoms with E-state index in [-0.39, 0.29) is 0 Å². The third-order valence-corrected chi connectivity index (χ3v) is 2.39. The van der Waals surface area contributed by atoms with E-state index in [0.29, 0.717) is 6.80 Å². The van der Waals surface area contributed by atoms with Gasteiger partial charge in [-0.1, -0.05) is 48.7 Å². The van der Waals surface area contributed by atoms with Crippen molar-refractivity contribution in [2.24, 2.45) is 0 Å². The van der Waals surface area contributed by atoms with Crippen LogP contribution in [0.2, 0.25) is 6.80 Å². The van der Waals surface area contributed by atoms with Gasteiger partial charge in [0.25, 0.3) is 0 Å². The Morgan fingerprint density at radius 3 is 2.69 bits per heavy atom. The van der Waals surface area contributed by atoms with Gasteiger partial charge in [-0.05, 0) is 23.3 Å². The van der Waals surface area contributed by atoms with Gasteiger partial charge in [-0.25, -0.2) is 0 Å². The van der Waals surface area contributed by atoms with Crippen molar-refractivity contribution in [3.63, 3.8) is 0 Å². The van der Waals surface area contributed by atoms with Crippen LogP contribution in [0.1, 0.15) is 6.93 Å². The van der Waals surface area contributed by atoms with E-state index >= 15 is 0 Å². The molecule has 0 nitrogen and oxygen atoms in total. The first-order chi connectivity index (χ1) is 6.83. The summed E-state index contributed by atoms with van der Waals surface area (Å²) in [5.41, 5.74) is 2.46. The highest BCUT2D eigenvalue weighted by molar-refractivity contribution is 6.55. The number of rotatable bonds is 1. The molecule has 0 aliphatic rings. The fourth-order valence-electron chi connectivity index (χ4n) is 1.67. The first-order valence-electron chi connectivity index (χ1n) is 5.14. The molecule has 0 fully saturated rings. The average Bonchev–Trinajstić information content (AvgIpc) is 2.20. The Morgan fingerprint density at radius 2 is 1.85 bits per heavy atom. The molecule has 0 aromatic heterocycles. The summed E-state index contributed by atoms with van der Waals surface area (Å²) >= 11 is 0. The quantitative estimate of drug-likeness (QED) is 0.574. The Morgan fingerprint density at radius 1 is 1.08 bits per heavy atom. The van der Waals surface area contributed by atoms with Crippen LogP contribution in [-0.4, -0.2) is 7.28 Å². The molecule has 63 valence electrons. The van der Waals surface area contributed by atoms with Gasteiger partial charge in [-0.2, -0.15) is 0 Å². The van der Waals surface area contributed by atoms with Gasteiger partial charge in [0, 0.05) is 1.37 Å². The summed E-state index contributed by atoms with van der Waals surface area (Å²) in [5.74, 6) is 0. The molecule has 2 rings (SSSR count). The molecule has 13 heavy (non-hydrogen) atoms. The second-order valence-electron chi connectivity index (χ2n) is 3.22. The average molecular weight is 168 g/mol. The zero-order valence-electron chi connectivity index (χ0n) is 8.75. The van der Waals surface area contributed by atoms with Crippen LogP contribution in [0.25, 0.3) is 10.8 Å². The fourth-order valence-corrected chi connectivity index (χ4v) is 1.67. The second kappa shape index (κ2) is 3.25. The maximum Gasteiger partial charge on any atom is 0.149 e. The zero-order chi connectivity index (χ0) is 9.97. The van der Waals surface area contributed by atoms with Crippen molar-refractivity contribution in [1.29, 1.82) is 0 Å². The van der Waals surface area contributed by atoms with E-state index in [2.05, 4.69) is 43.3 Å². The molecular formula is C12H12B. The normalized spacial score (nSPS) is 11.3. The molecule has 0 bridgehead atoms. The molecule has 2 aromatic rings. The van der Waals surface area contributed by atoms with Crippen LogP contribution in [0.3, 0.4) is 0 Å². The SMILES string of the molecule is [2H]C[B]c1cccc2c(C)cccc12. The van der Waals surface area contributed by atoms with Crippen molar-refractivity contribution >= 4 is 23.5 Å². The number of aryl methyl sites for hydroxylation is 1. The predicted octanol–water partition coefficient (Wildman–Crippen LogP) is 2.53. The Hall–Kier alpha value is -1.24. The maximum absolute atomic E-state index is 7.21. The summed E-state index contributed by atoms with van der Waals surface area (Å²) in [5, 5.41) is 2.54. The molecule has 0 saturated carbocycles. The van der Waals surface area contributed by atoms with Gasteiger partial charge in [0.15, 0.2) is 0 Å². The highest BCUT2D eigenvalue weighted by atomic mass is 14.0. The molecule has 0 amide bonds. The molecule has 0 saturated heterocycles. The Balaban J connectivity index is 2.68. The zero-order valence-corrected chi connectivity index (χ0v) is 7.75. The molecule has 1 radical (unpaired) electrons. The van der Waals surface area contributed by atoms with Gasteiger partial charge in [-0.3, -0.25) is 0 Å². The van der Waals surface area contributed by atoms with Crippen LogP contribution >= 0.6 is 0 Å². The minimum atomic E-state index is 0.340. The second-order valence-corrected chi connectivity index (χ2v) is 3.22. The molecule has 0 atom stereocenters. The topological polar surface area (TPSA) is 0 Å². The first kappa shape index (κ1) is 7.20. The van der Waals surface area contributed by atoms with E-state index in [9.17, 15) is 0 Å². The van der Waals surface area contributed by atoms with Crippen molar-refractivity contribution in [2.45, 2.75) is 13.7 Å². The number of hydrogen-bond donors (Lipinski definition) is 0. The van der Waals surface area contributed by atoms with E-state index in [0.717, 1.165) is 0 Å². The number of fused-ring (bicyclic) bond motifs is 1. The summed E-state index contributed by atoms with van der Waals surface area (Å²) in [6, 6.07) is 12.6. The van der Waals surface area contributed by atoms with Crippen LogP contribution in [0.15, 0.2) is 36.4 Å². The summed E-state index contributed by atoms with van der Waals surface area (Å²) in [4.78, 5) is 0. The molecule has 0 N–H and O–H groups in total. The number of hydrogen-bond acceptors (Lipinski definition) is 0. The van der Waals surface area contributed by atoms with E-state index < -0.39 is 0 Å². The molecular weight excluding hydrogens is 155 g/mol. The van der Waals surface area contributed by atoms with Crippen LogP contribution < -0.4 is 5.46 Å². The summed E-state index contributed by atoms with van der Waals surface area (Å²) < 4.78 is 7.21. The van der Waals surface area contributed by atoms with E-state index in [1.807, 2.05) is 7.28 Å². The summed E-state index contributed by atoms with van der Waals surface area (Å²) in [6.07, 6.45) is 0. The van der Waals surface area contributed by atoms with Crippen molar-refractivity contribution < 1.29 is 1.37 Å². The van der Waals surface area contributed by atoms with Crippen LogP contribution in [0.4, 0.5) is 0 Å². The van der Waals surface area contributed by atoms with Gasteiger partial charge in [0.1, 0.15) is 7.28 Å². The smallest absolute Gasteiger partial charge is 0.0872 e. The van der Waals surface area contributed by atoms with Crippen molar-refractivity contribution in [1.82, 2.24) is 0 Å². The Bertz CT molecular complexity index is 451. The third-order valence-electron chi connectivity index (χ3n) is 2.39. The van der Waals surface area contributed by atoms with Crippen molar-refractivity contribution in [3.8, 4) is 0 Å². The van der Waals surface area contributed by atoms with E-state index in [1.165, 1.54) is 21.8 Å². The lowest BCUT2D eigenvalue weighted by Crippen LogP contribution is -2.11. The molecule has 1 heteroatoms. The summed E-state index contributed by atoms with van der Waals surface area (Å²) in [7, 11) is 1.95. The molecule has 0 unspecified atom stereocenters. The maximum atomic E-state index is 7.21. The highest BCUT2D eigenvalue weighted by Gasteiger charge is 1.99. The van der Waals surface area contributed by atoms with Gasteiger partial charge in [0.05, 0.1) is 0 Å². The van der Waals surface area contributed by atoms with Gasteiger partial charge >= 0.3 is 0 Å². The Labute approximate surface area is 81.2 Å². The van der Waals surface area contributed by atoms with Gasteiger partial charge in [-0.15, -0.1) is 0 Å². The monoisotopic (exact) mass is 168 g/mol. The first-order valence-corrected chi connectivity index (χ1v) is 4.43. The lowest BCUT2D eigenvalue weighted by Gasteiger charge is -2.05. The van der Waals surface area contributed by atoms with Crippen LogP contribution in [0, 0.1) is 6.92 Å². The lowest BCUT2D eigenvalue weighted by atomic mass is 9.71. The molecule has 2 aromatic carbocycles. The minimum absolute atomic E-state index is 0.340. The van der Waals surface area contributed by atoms with E-state index in [1.54, 1.807) is 0 Å². The minimum Gasteiger partial charge on any atom is -0.0872 e. The van der Waals surface area contributed by atoms with Crippen LogP contribution in [-0.2, 0) is 0 Å². The van der Waals surface area contributed by atoms with E-state index in [4.69, 9.17) is 1.37 Å². The predicted molar refractivity (Wildman–Crippen MR) is 59.9 cm³/mol. The molecule has 0 spiro atoms. The third kappa shape index (κ3) is 1.35. The fraction of sp³-hybridized carbons (Fsp3) is 0.167. The highest BCUT2D eigenvalue weighted by Crippen LogP contribution is 2.15. The lowest BCUT2D eigenvalue weighted by molar-refractivity contribution is 1.54. The van der Waals surface area contributed by atoms with Crippen molar-refractivity contribution in [2.75, 3.05) is 0 Å². The summed E-state index contributed by atoms with van der Waals surface area (Å²) in [6.45, 7) is 2.46. The van der Waals surface area contributed by atoms with Gasteiger partial charge < -0.3 is 0 Å².